The van der Waals surface area contributed by atoms with Gasteiger partial charge in [-0.05, 0) is 26.1 Å². The lowest BCUT2D eigenvalue weighted by atomic mass is 10.3. The SMILES string of the molecule is C=N/C=C\N(C)CCCCN. The average Bonchev–Trinajstić information content (AvgIpc) is 2.01. The van der Waals surface area contributed by atoms with E-state index in [0.29, 0.717) is 0 Å². The van der Waals surface area contributed by atoms with Crippen molar-refractivity contribution in [3.63, 3.8) is 0 Å². The summed E-state index contributed by atoms with van der Waals surface area (Å²) in [5, 5.41) is 0. The smallest absolute Gasteiger partial charge is 0.0419 e. The van der Waals surface area contributed by atoms with Gasteiger partial charge in [-0.3, -0.25) is 4.99 Å². The Morgan fingerprint density at radius 3 is 2.82 bits per heavy atom. The Labute approximate surface area is 68.6 Å². The zero-order chi connectivity index (χ0) is 8.53. The third-order valence-electron chi connectivity index (χ3n) is 1.39. The summed E-state index contributed by atoms with van der Waals surface area (Å²) in [6.07, 6.45) is 5.81. The first kappa shape index (κ1) is 10.2. The van der Waals surface area contributed by atoms with Crippen LogP contribution in [-0.4, -0.2) is 31.8 Å². The van der Waals surface area contributed by atoms with E-state index in [9.17, 15) is 0 Å². The van der Waals surface area contributed by atoms with Gasteiger partial charge >= 0.3 is 0 Å². The molecule has 0 saturated carbocycles. The molecule has 0 aliphatic carbocycles. The van der Waals surface area contributed by atoms with Gasteiger partial charge in [0, 0.05) is 26.0 Å². The van der Waals surface area contributed by atoms with Gasteiger partial charge in [-0.25, -0.2) is 0 Å². The molecular formula is C8H17N3. The van der Waals surface area contributed by atoms with Crippen LogP contribution in [0, 0.1) is 0 Å². The van der Waals surface area contributed by atoms with E-state index >= 15 is 0 Å². The van der Waals surface area contributed by atoms with Gasteiger partial charge in [0.2, 0.25) is 0 Å². The van der Waals surface area contributed by atoms with Gasteiger partial charge in [0.15, 0.2) is 0 Å². The van der Waals surface area contributed by atoms with Crippen LogP contribution in [0.4, 0.5) is 0 Å². The summed E-state index contributed by atoms with van der Waals surface area (Å²) in [6, 6.07) is 0. The van der Waals surface area contributed by atoms with Gasteiger partial charge in [-0.1, -0.05) is 0 Å². The number of hydrogen-bond donors (Lipinski definition) is 1. The molecule has 0 fully saturated rings. The Morgan fingerprint density at radius 1 is 1.55 bits per heavy atom. The summed E-state index contributed by atoms with van der Waals surface area (Å²) in [5.74, 6) is 0. The minimum atomic E-state index is 0.775. The summed E-state index contributed by atoms with van der Waals surface area (Å²) < 4.78 is 0. The van der Waals surface area contributed by atoms with Gasteiger partial charge in [0.05, 0.1) is 0 Å². The zero-order valence-electron chi connectivity index (χ0n) is 7.16. The van der Waals surface area contributed by atoms with Crippen LogP contribution in [0.15, 0.2) is 17.4 Å². The largest absolute Gasteiger partial charge is 0.379 e. The van der Waals surface area contributed by atoms with Crippen LogP contribution in [0.2, 0.25) is 0 Å². The molecule has 0 rings (SSSR count). The first-order valence-electron chi connectivity index (χ1n) is 3.84. The van der Waals surface area contributed by atoms with Crippen LogP contribution < -0.4 is 5.73 Å². The highest BCUT2D eigenvalue weighted by Gasteiger charge is 1.89. The van der Waals surface area contributed by atoms with Crippen molar-refractivity contribution in [2.24, 2.45) is 10.7 Å². The molecule has 0 aliphatic rings. The molecule has 64 valence electrons. The van der Waals surface area contributed by atoms with Crippen LogP contribution in [0.5, 0.6) is 0 Å². The Balaban J connectivity index is 3.28. The number of nitrogens with zero attached hydrogens (tertiary/aromatic N) is 2. The van der Waals surface area contributed by atoms with Crippen molar-refractivity contribution in [1.29, 1.82) is 0 Å². The highest BCUT2D eigenvalue weighted by molar-refractivity contribution is 5.25. The molecule has 0 atom stereocenters. The lowest BCUT2D eigenvalue weighted by Crippen LogP contribution is -2.13. The molecule has 0 aromatic carbocycles. The molecule has 0 amide bonds. The van der Waals surface area contributed by atoms with Crippen molar-refractivity contribution in [2.45, 2.75) is 12.8 Å². The third kappa shape index (κ3) is 7.06. The maximum atomic E-state index is 5.35. The standard InChI is InChI=1S/C8H17N3/c1-10-6-8-11(2)7-4-3-5-9/h6,8H,1,3-5,7,9H2,2H3/b8-6-. The second-order valence-electron chi connectivity index (χ2n) is 2.46. The van der Waals surface area contributed by atoms with Crippen LogP contribution >= 0.6 is 0 Å². The maximum Gasteiger partial charge on any atom is 0.0419 e. The summed E-state index contributed by atoms with van der Waals surface area (Å²) >= 11 is 0. The number of rotatable bonds is 6. The number of nitrogens with two attached hydrogens (primary N) is 1. The fraction of sp³-hybridized carbons (Fsp3) is 0.625. The fourth-order valence-electron chi connectivity index (χ4n) is 0.741. The number of hydrogen-bond acceptors (Lipinski definition) is 3. The fourth-order valence-corrected chi connectivity index (χ4v) is 0.741. The van der Waals surface area contributed by atoms with Crippen LogP contribution in [0.25, 0.3) is 0 Å². The molecule has 0 radical (unpaired) electrons. The van der Waals surface area contributed by atoms with Crippen LogP contribution in [0.3, 0.4) is 0 Å². The Hall–Kier alpha value is -0.830. The molecule has 11 heavy (non-hydrogen) atoms. The molecule has 0 aromatic rings. The topological polar surface area (TPSA) is 41.6 Å². The Morgan fingerprint density at radius 2 is 2.27 bits per heavy atom. The molecule has 0 heterocycles. The molecular weight excluding hydrogens is 138 g/mol. The average molecular weight is 155 g/mol. The van der Waals surface area contributed by atoms with E-state index in [1.807, 2.05) is 13.2 Å². The maximum absolute atomic E-state index is 5.35. The monoisotopic (exact) mass is 155 g/mol. The first-order chi connectivity index (χ1) is 5.31. The molecule has 0 saturated heterocycles. The van der Waals surface area contributed by atoms with E-state index in [1.54, 1.807) is 6.20 Å². The molecule has 0 aliphatic heterocycles. The highest BCUT2D eigenvalue weighted by Crippen LogP contribution is 1.91. The summed E-state index contributed by atoms with van der Waals surface area (Å²) in [4.78, 5) is 5.68. The molecule has 0 aromatic heterocycles. The zero-order valence-corrected chi connectivity index (χ0v) is 7.16. The van der Waals surface area contributed by atoms with Crippen LogP contribution in [0.1, 0.15) is 12.8 Å². The quantitative estimate of drug-likeness (QED) is 0.456. The first-order valence-corrected chi connectivity index (χ1v) is 3.84. The lowest BCUT2D eigenvalue weighted by Gasteiger charge is -2.11. The van der Waals surface area contributed by atoms with Gasteiger partial charge in [0.1, 0.15) is 0 Å². The van der Waals surface area contributed by atoms with Gasteiger partial charge in [-0.15, -0.1) is 0 Å². The normalized spacial score (nSPS) is 10.4. The minimum Gasteiger partial charge on any atom is -0.379 e. The molecule has 0 spiro atoms. The van der Waals surface area contributed by atoms with E-state index in [-0.39, 0.29) is 0 Å². The summed E-state index contributed by atoms with van der Waals surface area (Å²) in [7, 11) is 2.01. The van der Waals surface area contributed by atoms with Gasteiger partial charge < -0.3 is 10.6 Å². The number of aliphatic imine (C=N–C) groups is 1. The van der Waals surface area contributed by atoms with Crippen molar-refractivity contribution in [1.82, 2.24) is 4.90 Å². The molecule has 0 unspecified atom stereocenters. The summed E-state index contributed by atoms with van der Waals surface area (Å²) in [5.41, 5.74) is 5.35. The van der Waals surface area contributed by atoms with Crippen molar-refractivity contribution in [3.05, 3.63) is 12.4 Å². The second kappa shape index (κ2) is 7.28. The van der Waals surface area contributed by atoms with E-state index in [0.717, 1.165) is 25.9 Å². The second-order valence-corrected chi connectivity index (χ2v) is 2.46. The molecule has 2 N–H and O–H groups in total. The van der Waals surface area contributed by atoms with Crippen molar-refractivity contribution in [2.75, 3.05) is 20.1 Å². The third-order valence-corrected chi connectivity index (χ3v) is 1.39. The summed E-state index contributed by atoms with van der Waals surface area (Å²) in [6.45, 7) is 5.15. The van der Waals surface area contributed by atoms with E-state index in [1.165, 1.54) is 0 Å². The van der Waals surface area contributed by atoms with Crippen LogP contribution in [-0.2, 0) is 0 Å². The molecule has 0 bridgehead atoms. The van der Waals surface area contributed by atoms with Crippen molar-refractivity contribution < 1.29 is 0 Å². The number of unbranched alkanes of at least 4 members (excludes halogenated alkanes) is 1. The highest BCUT2D eigenvalue weighted by atomic mass is 15.1. The van der Waals surface area contributed by atoms with Crippen molar-refractivity contribution >= 4 is 6.72 Å². The lowest BCUT2D eigenvalue weighted by molar-refractivity contribution is 0.437. The minimum absolute atomic E-state index is 0.775. The molecule has 3 heteroatoms. The van der Waals surface area contributed by atoms with Crippen molar-refractivity contribution in [3.8, 4) is 0 Å². The van der Waals surface area contributed by atoms with E-state index in [2.05, 4.69) is 16.6 Å². The Bertz CT molecular complexity index is 121. The van der Waals surface area contributed by atoms with Gasteiger partial charge in [0.25, 0.3) is 0 Å². The van der Waals surface area contributed by atoms with Gasteiger partial charge in [-0.2, -0.15) is 0 Å². The predicted molar refractivity (Wildman–Crippen MR) is 49.6 cm³/mol. The Kier molecular flexibility index (Phi) is 6.73. The predicted octanol–water partition coefficient (Wildman–Crippen LogP) is 0.829. The van der Waals surface area contributed by atoms with E-state index < -0.39 is 0 Å². The molecule has 3 nitrogen and oxygen atoms in total. The van der Waals surface area contributed by atoms with E-state index in [4.69, 9.17) is 5.73 Å².